The summed E-state index contributed by atoms with van der Waals surface area (Å²) in [4.78, 5) is 38.1. The third-order valence-corrected chi connectivity index (χ3v) is 5.19. The zero-order valence-electron chi connectivity index (χ0n) is 16.8. The van der Waals surface area contributed by atoms with Crippen molar-refractivity contribution in [2.45, 2.75) is 31.5 Å². The van der Waals surface area contributed by atoms with Gasteiger partial charge in [-0.1, -0.05) is 6.07 Å². The molecule has 1 aliphatic rings. The maximum absolute atomic E-state index is 12.6. The molecule has 1 aromatic carbocycles. The number of ether oxygens (including phenoxy) is 2. The topological polar surface area (TPSA) is 117 Å². The van der Waals surface area contributed by atoms with Crippen molar-refractivity contribution >= 4 is 29.6 Å². The van der Waals surface area contributed by atoms with Gasteiger partial charge in [0.1, 0.15) is 6.04 Å². The molecule has 4 amide bonds. The van der Waals surface area contributed by atoms with E-state index in [1.165, 1.54) is 14.2 Å². The van der Waals surface area contributed by atoms with E-state index in [0.29, 0.717) is 23.5 Å². The molecule has 0 aliphatic carbocycles. The number of methoxy groups -OCH3 is 2. The number of rotatable bonds is 11. The minimum atomic E-state index is -0.928. The molecule has 9 nitrogen and oxygen atoms in total. The largest absolute Gasteiger partial charge is 0.493 e. The van der Waals surface area contributed by atoms with Crippen LogP contribution in [0.3, 0.4) is 0 Å². The summed E-state index contributed by atoms with van der Waals surface area (Å²) in [5.74, 6) is 0.974. The maximum Gasteiger partial charge on any atom is 0.325 e. The third-order valence-electron chi connectivity index (χ3n) is 4.54. The van der Waals surface area contributed by atoms with Gasteiger partial charge in [0.25, 0.3) is 5.91 Å². The maximum atomic E-state index is 12.6. The van der Waals surface area contributed by atoms with Crippen LogP contribution >= 0.6 is 11.8 Å². The normalized spacial score (nSPS) is 17.1. The molecule has 1 aromatic rings. The number of nitrogens with one attached hydrogen (secondary N) is 2. The van der Waals surface area contributed by atoms with Crippen LogP contribution in [0.15, 0.2) is 18.2 Å². The fourth-order valence-electron chi connectivity index (χ4n) is 2.97. The van der Waals surface area contributed by atoms with Gasteiger partial charge in [-0.3, -0.25) is 14.5 Å². The van der Waals surface area contributed by atoms with Crippen LogP contribution in [-0.2, 0) is 16.1 Å². The summed E-state index contributed by atoms with van der Waals surface area (Å²) in [6, 6.07) is 3.27. The predicted molar refractivity (Wildman–Crippen MR) is 109 cm³/mol. The van der Waals surface area contributed by atoms with Crippen molar-refractivity contribution in [3.8, 4) is 11.5 Å². The van der Waals surface area contributed by atoms with Crippen LogP contribution in [-0.4, -0.2) is 72.8 Å². The highest BCUT2D eigenvalue weighted by atomic mass is 32.2. The highest BCUT2D eigenvalue weighted by Crippen LogP contribution is 2.28. The van der Waals surface area contributed by atoms with Crippen molar-refractivity contribution in [2.75, 3.05) is 32.8 Å². The lowest BCUT2D eigenvalue weighted by molar-refractivity contribution is -0.131. The molecule has 2 rings (SSSR count). The van der Waals surface area contributed by atoms with Gasteiger partial charge in [-0.25, -0.2) is 4.79 Å². The molecule has 1 heterocycles. The summed E-state index contributed by atoms with van der Waals surface area (Å²) in [5, 5.41) is 14.6. The van der Waals surface area contributed by atoms with E-state index in [-0.39, 0.29) is 25.6 Å². The van der Waals surface area contributed by atoms with Crippen molar-refractivity contribution in [3.63, 3.8) is 0 Å². The average Bonchev–Trinajstić information content (AvgIpc) is 2.98. The van der Waals surface area contributed by atoms with E-state index in [1.807, 2.05) is 6.26 Å². The Balaban J connectivity index is 1.98. The number of aliphatic hydroxyl groups is 1. The zero-order chi connectivity index (χ0) is 21.4. The van der Waals surface area contributed by atoms with Crippen molar-refractivity contribution in [1.29, 1.82) is 0 Å². The molecule has 0 bridgehead atoms. The molecular weight excluding hydrogens is 398 g/mol. The van der Waals surface area contributed by atoms with E-state index < -0.39 is 23.9 Å². The fourth-order valence-corrected chi connectivity index (χ4v) is 3.49. The smallest absolute Gasteiger partial charge is 0.325 e. The van der Waals surface area contributed by atoms with Gasteiger partial charge >= 0.3 is 6.03 Å². The Morgan fingerprint density at radius 1 is 1.31 bits per heavy atom. The van der Waals surface area contributed by atoms with Gasteiger partial charge in [-0.15, -0.1) is 0 Å². The first-order valence-corrected chi connectivity index (χ1v) is 10.5. The minimum absolute atomic E-state index is 0.0517. The number of thioether (sulfide) groups is 1. The quantitative estimate of drug-likeness (QED) is 0.448. The second-order valence-corrected chi connectivity index (χ2v) is 7.53. The van der Waals surface area contributed by atoms with Crippen LogP contribution in [0.4, 0.5) is 4.79 Å². The number of imide groups is 1. The number of benzene rings is 1. The number of aliphatic hydroxyl groups excluding tert-OH is 1. The number of urea groups is 1. The fraction of sp³-hybridized carbons (Fsp3) is 0.526. The predicted octanol–water partition coefficient (Wildman–Crippen LogP) is 0.745. The van der Waals surface area contributed by atoms with E-state index in [9.17, 15) is 19.5 Å². The van der Waals surface area contributed by atoms with Crippen molar-refractivity contribution in [3.05, 3.63) is 23.8 Å². The van der Waals surface area contributed by atoms with Gasteiger partial charge < -0.3 is 25.2 Å². The Kier molecular flexibility index (Phi) is 8.59. The second kappa shape index (κ2) is 10.9. The van der Waals surface area contributed by atoms with Crippen LogP contribution < -0.4 is 20.1 Å². The van der Waals surface area contributed by atoms with Gasteiger partial charge in [0.05, 0.1) is 39.8 Å². The number of carbonyl (C=O) groups is 3. The van der Waals surface area contributed by atoms with Gasteiger partial charge in [0, 0.05) is 0 Å². The molecule has 0 saturated carbocycles. The lowest BCUT2D eigenvalue weighted by atomic mass is 10.1. The highest BCUT2D eigenvalue weighted by Gasteiger charge is 2.39. The first kappa shape index (κ1) is 22.8. The standard InChI is InChI=1S/C19H27N3O6S/c1-27-15-5-4-12(8-16(15)28-2)10-22-18(25)14(21-19(22)26)9-17(24)20-13(11-23)6-7-29-3/h4-5,8,13-14,23H,6-7,9-11H2,1-3H3,(H,20,24)(H,21,26)/t13-,14+/m0/s1. The summed E-state index contributed by atoms with van der Waals surface area (Å²) in [6.07, 6.45) is 2.39. The zero-order valence-corrected chi connectivity index (χ0v) is 17.6. The third kappa shape index (κ3) is 6.01. The van der Waals surface area contributed by atoms with Crippen LogP contribution in [0.2, 0.25) is 0 Å². The van der Waals surface area contributed by atoms with Crippen LogP contribution in [0.5, 0.6) is 11.5 Å². The van der Waals surface area contributed by atoms with Crippen molar-refractivity contribution in [2.24, 2.45) is 0 Å². The summed E-state index contributed by atoms with van der Waals surface area (Å²) < 4.78 is 10.4. The van der Waals surface area contributed by atoms with Gasteiger partial charge in [0.2, 0.25) is 5.91 Å². The minimum Gasteiger partial charge on any atom is -0.493 e. The lowest BCUT2D eigenvalue weighted by Gasteiger charge is -2.17. The lowest BCUT2D eigenvalue weighted by Crippen LogP contribution is -2.42. The van der Waals surface area contributed by atoms with E-state index in [4.69, 9.17) is 9.47 Å². The molecule has 3 N–H and O–H groups in total. The first-order chi connectivity index (χ1) is 13.9. The number of amides is 4. The molecule has 1 fully saturated rings. The Hall–Kier alpha value is -2.46. The second-order valence-electron chi connectivity index (χ2n) is 6.55. The van der Waals surface area contributed by atoms with Crippen molar-refractivity contribution in [1.82, 2.24) is 15.5 Å². The van der Waals surface area contributed by atoms with E-state index in [0.717, 1.165) is 10.7 Å². The number of carbonyl (C=O) groups excluding carboxylic acids is 3. The molecule has 0 aromatic heterocycles. The molecule has 10 heteroatoms. The molecule has 1 saturated heterocycles. The molecule has 0 radical (unpaired) electrons. The van der Waals surface area contributed by atoms with Gasteiger partial charge in [-0.2, -0.15) is 11.8 Å². The number of hydrogen-bond donors (Lipinski definition) is 3. The number of hydrogen-bond acceptors (Lipinski definition) is 7. The molecule has 2 atom stereocenters. The Bertz CT molecular complexity index is 745. The number of nitrogens with zero attached hydrogens (tertiary/aromatic N) is 1. The Morgan fingerprint density at radius 2 is 2.03 bits per heavy atom. The first-order valence-electron chi connectivity index (χ1n) is 9.15. The summed E-state index contributed by atoms with van der Waals surface area (Å²) in [6.45, 7) is -0.126. The van der Waals surface area contributed by atoms with Crippen LogP contribution in [0.25, 0.3) is 0 Å². The van der Waals surface area contributed by atoms with Gasteiger partial charge in [-0.05, 0) is 36.1 Å². The average molecular weight is 426 g/mol. The van der Waals surface area contributed by atoms with E-state index in [1.54, 1.807) is 30.0 Å². The Morgan fingerprint density at radius 3 is 2.66 bits per heavy atom. The van der Waals surface area contributed by atoms with E-state index >= 15 is 0 Å². The summed E-state index contributed by atoms with van der Waals surface area (Å²) in [7, 11) is 3.02. The highest BCUT2D eigenvalue weighted by molar-refractivity contribution is 7.98. The molecular formula is C19H27N3O6S. The SMILES string of the molecule is COc1ccc(CN2C(=O)N[C@H](CC(=O)N[C@H](CO)CCSC)C2=O)cc1OC. The molecule has 1 aliphatic heterocycles. The summed E-state index contributed by atoms with van der Waals surface area (Å²) >= 11 is 1.62. The molecule has 0 unspecified atom stereocenters. The molecule has 0 spiro atoms. The molecule has 29 heavy (non-hydrogen) atoms. The van der Waals surface area contributed by atoms with E-state index in [2.05, 4.69) is 10.6 Å². The summed E-state index contributed by atoms with van der Waals surface area (Å²) in [5.41, 5.74) is 0.689. The Labute approximate surface area is 174 Å². The van der Waals surface area contributed by atoms with Crippen LogP contribution in [0, 0.1) is 0 Å². The van der Waals surface area contributed by atoms with Crippen molar-refractivity contribution < 1.29 is 29.0 Å². The van der Waals surface area contributed by atoms with Crippen LogP contribution in [0.1, 0.15) is 18.4 Å². The van der Waals surface area contributed by atoms with Gasteiger partial charge in [0.15, 0.2) is 11.5 Å². The monoisotopic (exact) mass is 425 g/mol. The molecule has 160 valence electrons.